The van der Waals surface area contributed by atoms with Crippen LogP contribution in [0.4, 0.5) is 5.82 Å². The zero-order valence-corrected chi connectivity index (χ0v) is 12.3. The van der Waals surface area contributed by atoms with Crippen molar-refractivity contribution in [1.29, 1.82) is 0 Å². The third-order valence-corrected chi connectivity index (χ3v) is 4.43. The first kappa shape index (κ1) is 13.6. The minimum Gasteiger partial charge on any atom is -0.352 e. The van der Waals surface area contributed by atoms with Crippen molar-refractivity contribution < 1.29 is 0 Å². The van der Waals surface area contributed by atoms with E-state index in [0.717, 1.165) is 17.9 Å². The van der Waals surface area contributed by atoms with Gasteiger partial charge in [0, 0.05) is 12.6 Å². The summed E-state index contributed by atoms with van der Waals surface area (Å²) in [7, 11) is 0. The van der Waals surface area contributed by atoms with Crippen molar-refractivity contribution in [2.75, 3.05) is 11.4 Å². The van der Waals surface area contributed by atoms with Gasteiger partial charge in [0.1, 0.15) is 0 Å². The van der Waals surface area contributed by atoms with Crippen LogP contribution in [0.15, 0.2) is 0 Å². The first-order valence-electron chi connectivity index (χ1n) is 6.91. The first-order valence-corrected chi connectivity index (χ1v) is 7.29. The monoisotopic (exact) mass is 267 g/mol. The fourth-order valence-corrected chi connectivity index (χ4v) is 2.99. The predicted molar refractivity (Wildman–Crippen MR) is 76.4 cm³/mol. The molecule has 4 heteroatoms. The summed E-state index contributed by atoms with van der Waals surface area (Å²) in [6.07, 6.45) is 6.59. The fourth-order valence-electron chi connectivity index (χ4n) is 2.81. The Bertz CT molecular complexity index is 414. The molecule has 0 bridgehead atoms. The third-order valence-electron chi connectivity index (χ3n) is 4.07. The highest BCUT2D eigenvalue weighted by atomic mass is 35.5. The van der Waals surface area contributed by atoms with Gasteiger partial charge in [-0.3, -0.25) is 0 Å². The molecule has 1 fully saturated rings. The number of halogens is 1. The zero-order valence-electron chi connectivity index (χ0n) is 11.5. The van der Waals surface area contributed by atoms with Gasteiger partial charge >= 0.3 is 0 Å². The molecule has 1 heterocycles. The molecule has 0 aromatic carbocycles. The Morgan fingerprint density at radius 1 is 1.11 bits per heavy atom. The van der Waals surface area contributed by atoms with E-state index in [1.54, 1.807) is 0 Å². The van der Waals surface area contributed by atoms with Gasteiger partial charge in [-0.05, 0) is 44.7 Å². The van der Waals surface area contributed by atoms with Crippen LogP contribution in [-0.4, -0.2) is 22.8 Å². The molecule has 0 unspecified atom stereocenters. The average molecular weight is 268 g/mol. The van der Waals surface area contributed by atoms with Crippen LogP contribution in [0.2, 0.25) is 5.15 Å². The lowest BCUT2D eigenvalue weighted by molar-refractivity contribution is 0.415. The Labute approximate surface area is 115 Å². The van der Waals surface area contributed by atoms with Gasteiger partial charge in [0.15, 0.2) is 11.0 Å². The summed E-state index contributed by atoms with van der Waals surface area (Å²) in [5.41, 5.74) is 2.22. The van der Waals surface area contributed by atoms with Gasteiger partial charge in [-0.1, -0.05) is 30.9 Å². The maximum absolute atomic E-state index is 6.03. The van der Waals surface area contributed by atoms with Crippen molar-refractivity contribution in [1.82, 2.24) is 10.2 Å². The van der Waals surface area contributed by atoms with E-state index in [-0.39, 0.29) is 0 Å². The van der Waals surface area contributed by atoms with Crippen LogP contribution in [0.3, 0.4) is 0 Å². The van der Waals surface area contributed by atoms with Gasteiger partial charge in [0.05, 0.1) is 0 Å². The van der Waals surface area contributed by atoms with Gasteiger partial charge < -0.3 is 4.90 Å². The average Bonchev–Trinajstić information content (AvgIpc) is 2.41. The minimum atomic E-state index is 0.524. The molecule has 0 amide bonds. The van der Waals surface area contributed by atoms with E-state index in [1.807, 2.05) is 6.92 Å². The minimum absolute atomic E-state index is 0.524. The summed E-state index contributed by atoms with van der Waals surface area (Å²) in [5, 5.41) is 8.93. The topological polar surface area (TPSA) is 29.0 Å². The molecule has 100 valence electrons. The van der Waals surface area contributed by atoms with Crippen LogP contribution in [0.1, 0.15) is 50.2 Å². The SMILES string of the molecule is CCN(c1nnc(Cl)c(C)c1C)C1CCCCC1. The molecular formula is C14H22ClN3. The van der Waals surface area contributed by atoms with E-state index in [1.165, 1.54) is 37.7 Å². The quantitative estimate of drug-likeness (QED) is 0.832. The normalized spacial score (nSPS) is 16.9. The van der Waals surface area contributed by atoms with E-state index in [2.05, 4.69) is 28.9 Å². The maximum Gasteiger partial charge on any atom is 0.155 e. The van der Waals surface area contributed by atoms with E-state index in [0.29, 0.717) is 11.2 Å². The number of anilines is 1. The van der Waals surface area contributed by atoms with Crippen molar-refractivity contribution in [3.8, 4) is 0 Å². The molecule has 2 rings (SSSR count). The summed E-state index contributed by atoms with van der Waals surface area (Å²) >= 11 is 6.03. The first-order chi connectivity index (χ1) is 8.65. The molecule has 1 aromatic heterocycles. The third kappa shape index (κ3) is 2.61. The van der Waals surface area contributed by atoms with Crippen LogP contribution in [0.5, 0.6) is 0 Å². The highest BCUT2D eigenvalue weighted by Crippen LogP contribution is 2.30. The molecule has 0 aliphatic heterocycles. The number of rotatable bonds is 3. The van der Waals surface area contributed by atoms with Crippen molar-refractivity contribution in [3.05, 3.63) is 16.3 Å². The molecule has 0 saturated heterocycles. The van der Waals surface area contributed by atoms with Gasteiger partial charge in [0.2, 0.25) is 0 Å². The smallest absolute Gasteiger partial charge is 0.155 e. The number of hydrogen-bond donors (Lipinski definition) is 0. The molecule has 0 radical (unpaired) electrons. The molecule has 1 aliphatic rings. The van der Waals surface area contributed by atoms with E-state index in [9.17, 15) is 0 Å². The van der Waals surface area contributed by atoms with Gasteiger partial charge in [-0.2, -0.15) is 0 Å². The van der Waals surface area contributed by atoms with Gasteiger partial charge in [-0.15, -0.1) is 10.2 Å². The van der Waals surface area contributed by atoms with Crippen molar-refractivity contribution in [2.24, 2.45) is 0 Å². The van der Waals surface area contributed by atoms with Crippen LogP contribution in [0.25, 0.3) is 0 Å². The summed E-state index contributed by atoms with van der Waals surface area (Å²) in [6.45, 7) is 7.29. The Hall–Kier alpha value is -0.830. The Kier molecular flexibility index (Phi) is 4.44. The van der Waals surface area contributed by atoms with Crippen LogP contribution in [0, 0.1) is 13.8 Å². The summed E-state index contributed by atoms with van der Waals surface area (Å²) in [4.78, 5) is 2.41. The zero-order chi connectivity index (χ0) is 13.1. The maximum atomic E-state index is 6.03. The standard InChI is InChI=1S/C14H22ClN3/c1-4-18(12-8-6-5-7-9-12)14-11(3)10(2)13(15)16-17-14/h12H,4-9H2,1-3H3. The van der Waals surface area contributed by atoms with Crippen LogP contribution < -0.4 is 4.90 Å². The molecule has 3 nitrogen and oxygen atoms in total. The molecule has 1 aromatic rings. The number of hydrogen-bond acceptors (Lipinski definition) is 3. The highest BCUT2D eigenvalue weighted by molar-refractivity contribution is 6.30. The summed E-state index contributed by atoms with van der Waals surface area (Å²) in [6, 6.07) is 0.623. The van der Waals surface area contributed by atoms with Gasteiger partial charge in [0.25, 0.3) is 0 Å². The molecular weight excluding hydrogens is 246 g/mol. The van der Waals surface area contributed by atoms with Crippen molar-refractivity contribution >= 4 is 17.4 Å². The largest absolute Gasteiger partial charge is 0.352 e. The van der Waals surface area contributed by atoms with E-state index >= 15 is 0 Å². The van der Waals surface area contributed by atoms with E-state index in [4.69, 9.17) is 11.6 Å². The summed E-state index contributed by atoms with van der Waals surface area (Å²) in [5.74, 6) is 1.02. The Balaban J connectivity index is 2.29. The van der Waals surface area contributed by atoms with E-state index < -0.39 is 0 Å². The van der Waals surface area contributed by atoms with Crippen LogP contribution >= 0.6 is 11.6 Å². The molecule has 0 N–H and O–H groups in total. The molecule has 0 spiro atoms. The predicted octanol–water partition coefficient (Wildman–Crippen LogP) is 3.91. The second-order valence-corrected chi connectivity index (χ2v) is 5.50. The van der Waals surface area contributed by atoms with Crippen molar-refractivity contribution in [3.63, 3.8) is 0 Å². The Morgan fingerprint density at radius 2 is 1.78 bits per heavy atom. The molecule has 1 saturated carbocycles. The second kappa shape index (κ2) is 5.87. The summed E-state index contributed by atoms with van der Waals surface area (Å²) < 4.78 is 0. The molecule has 1 aliphatic carbocycles. The number of aromatic nitrogens is 2. The van der Waals surface area contributed by atoms with Gasteiger partial charge in [-0.25, -0.2) is 0 Å². The lowest BCUT2D eigenvalue weighted by atomic mass is 9.94. The Morgan fingerprint density at radius 3 is 2.39 bits per heavy atom. The van der Waals surface area contributed by atoms with Crippen LogP contribution in [-0.2, 0) is 0 Å². The van der Waals surface area contributed by atoms with Crippen molar-refractivity contribution in [2.45, 2.75) is 58.9 Å². The fraction of sp³-hybridized carbons (Fsp3) is 0.714. The molecule has 18 heavy (non-hydrogen) atoms. The highest BCUT2D eigenvalue weighted by Gasteiger charge is 2.23. The molecule has 0 atom stereocenters. The number of nitrogens with zero attached hydrogens (tertiary/aromatic N) is 3. The lowest BCUT2D eigenvalue weighted by Gasteiger charge is -2.35. The lowest BCUT2D eigenvalue weighted by Crippen LogP contribution is -2.38. The second-order valence-electron chi connectivity index (χ2n) is 5.14.